The number of carbonyl (C=O) groups is 1. The first-order valence-electron chi connectivity index (χ1n) is 11.5. The number of aromatic nitrogens is 3. The SMILES string of the molecule is C[C@@H](Cn1ccc2ncnc(Nc3ccc(Oc4cccc(C(F)(F)F)c4)c(Cl)c3)c21)NC(=O)CS(C)(=O)=O. The summed E-state index contributed by atoms with van der Waals surface area (Å²) in [6.45, 7) is 2.05. The highest BCUT2D eigenvalue weighted by atomic mass is 35.5. The van der Waals surface area contributed by atoms with Gasteiger partial charge in [-0.2, -0.15) is 13.2 Å². The van der Waals surface area contributed by atoms with Gasteiger partial charge in [0, 0.05) is 30.7 Å². The number of amides is 1. The smallest absolute Gasteiger partial charge is 0.416 e. The Labute approximate surface area is 226 Å². The summed E-state index contributed by atoms with van der Waals surface area (Å²) in [7, 11) is -3.45. The van der Waals surface area contributed by atoms with Crippen LogP contribution in [0.15, 0.2) is 61.1 Å². The minimum atomic E-state index is -4.50. The zero-order valence-corrected chi connectivity index (χ0v) is 22.2. The van der Waals surface area contributed by atoms with Gasteiger partial charge in [-0.25, -0.2) is 18.4 Å². The van der Waals surface area contributed by atoms with Gasteiger partial charge in [-0.1, -0.05) is 17.7 Å². The van der Waals surface area contributed by atoms with E-state index in [1.165, 1.54) is 24.5 Å². The van der Waals surface area contributed by atoms with Crippen molar-refractivity contribution in [1.82, 2.24) is 19.9 Å². The van der Waals surface area contributed by atoms with Crippen LogP contribution in [0.4, 0.5) is 24.7 Å². The van der Waals surface area contributed by atoms with E-state index in [-0.39, 0.29) is 16.5 Å². The Morgan fingerprint density at radius 3 is 2.62 bits per heavy atom. The van der Waals surface area contributed by atoms with Gasteiger partial charge in [-0.05, 0) is 49.4 Å². The molecule has 4 aromatic rings. The number of hydrogen-bond acceptors (Lipinski definition) is 7. The number of hydrogen-bond donors (Lipinski definition) is 2. The Bertz CT molecular complexity index is 1630. The molecule has 2 aromatic heterocycles. The molecular weight excluding hydrogens is 559 g/mol. The number of nitrogens with one attached hydrogen (secondary N) is 2. The molecular formula is C25H23ClF3N5O4S. The summed E-state index contributed by atoms with van der Waals surface area (Å²) in [5.41, 5.74) is 0.938. The monoisotopic (exact) mass is 581 g/mol. The van der Waals surface area contributed by atoms with Crippen molar-refractivity contribution in [2.75, 3.05) is 17.3 Å². The minimum Gasteiger partial charge on any atom is -0.456 e. The molecule has 9 nitrogen and oxygen atoms in total. The lowest BCUT2D eigenvalue weighted by atomic mass is 10.2. The zero-order valence-electron chi connectivity index (χ0n) is 20.7. The van der Waals surface area contributed by atoms with Crippen molar-refractivity contribution in [3.8, 4) is 11.5 Å². The predicted octanol–water partition coefficient (Wildman–Crippen LogP) is 5.19. The lowest BCUT2D eigenvalue weighted by Crippen LogP contribution is -2.38. The number of fused-ring (bicyclic) bond motifs is 1. The molecule has 14 heteroatoms. The molecule has 0 saturated carbocycles. The van der Waals surface area contributed by atoms with Crippen LogP contribution in [-0.2, 0) is 27.4 Å². The Morgan fingerprint density at radius 2 is 1.92 bits per heavy atom. The van der Waals surface area contributed by atoms with Crippen LogP contribution in [0.1, 0.15) is 12.5 Å². The van der Waals surface area contributed by atoms with Gasteiger partial charge in [0.05, 0.1) is 16.1 Å². The summed E-state index contributed by atoms with van der Waals surface area (Å²) in [6, 6.07) is 10.5. The standard InChI is InChI=1S/C25H23ClF3N5O4S/c1-15(32-22(35)13-39(2,36)37)12-34-9-8-20-23(34)24(31-14-30-20)33-17-6-7-21(19(26)11-17)38-18-5-3-4-16(10-18)25(27,28)29/h3-11,14-15H,12-13H2,1-2H3,(H,32,35)(H,30,31,33)/t15-/m0/s1. The van der Waals surface area contributed by atoms with Crippen LogP contribution in [0.3, 0.4) is 0 Å². The van der Waals surface area contributed by atoms with Gasteiger partial charge in [0.1, 0.15) is 29.1 Å². The summed E-state index contributed by atoms with van der Waals surface area (Å²) >= 11 is 6.36. The Morgan fingerprint density at radius 1 is 1.15 bits per heavy atom. The van der Waals surface area contributed by atoms with E-state index in [1.54, 1.807) is 31.3 Å². The number of rotatable bonds is 9. The second-order valence-electron chi connectivity index (χ2n) is 8.86. The zero-order chi connectivity index (χ0) is 28.4. The third-order valence-corrected chi connectivity index (χ3v) is 6.49. The highest BCUT2D eigenvalue weighted by Gasteiger charge is 2.30. The van der Waals surface area contributed by atoms with Crippen LogP contribution in [0.25, 0.3) is 11.0 Å². The van der Waals surface area contributed by atoms with Crippen molar-refractivity contribution in [3.05, 3.63) is 71.6 Å². The van der Waals surface area contributed by atoms with Crippen LogP contribution in [0, 0.1) is 0 Å². The van der Waals surface area contributed by atoms with E-state index in [2.05, 4.69) is 20.6 Å². The van der Waals surface area contributed by atoms with Crippen LogP contribution < -0.4 is 15.4 Å². The summed E-state index contributed by atoms with van der Waals surface area (Å²) < 4.78 is 69.1. The second kappa shape index (κ2) is 11.1. The van der Waals surface area contributed by atoms with E-state index in [4.69, 9.17) is 16.3 Å². The number of anilines is 2. The molecule has 39 heavy (non-hydrogen) atoms. The van der Waals surface area contributed by atoms with Gasteiger partial charge >= 0.3 is 6.18 Å². The number of sulfone groups is 1. The van der Waals surface area contributed by atoms with Crippen molar-refractivity contribution < 1.29 is 31.1 Å². The van der Waals surface area contributed by atoms with Crippen molar-refractivity contribution in [2.45, 2.75) is 25.7 Å². The van der Waals surface area contributed by atoms with Crippen LogP contribution in [0.2, 0.25) is 5.02 Å². The summed E-state index contributed by atoms with van der Waals surface area (Å²) in [4.78, 5) is 20.6. The molecule has 0 aliphatic carbocycles. The van der Waals surface area contributed by atoms with Gasteiger partial charge in [-0.15, -0.1) is 0 Å². The molecule has 1 amide bonds. The van der Waals surface area contributed by atoms with E-state index in [0.29, 0.717) is 29.1 Å². The fraction of sp³-hybridized carbons (Fsp3) is 0.240. The minimum absolute atomic E-state index is 0.0134. The fourth-order valence-electron chi connectivity index (χ4n) is 3.83. The number of nitrogens with zero attached hydrogens (tertiary/aromatic N) is 3. The molecule has 2 aromatic carbocycles. The van der Waals surface area contributed by atoms with E-state index in [1.807, 2.05) is 4.57 Å². The first-order valence-corrected chi connectivity index (χ1v) is 13.9. The quantitative estimate of drug-likeness (QED) is 0.279. The molecule has 2 N–H and O–H groups in total. The van der Waals surface area contributed by atoms with Gasteiger partial charge in [0.15, 0.2) is 15.7 Å². The van der Waals surface area contributed by atoms with Gasteiger partial charge in [0.2, 0.25) is 5.91 Å². The molecule has 0 aliphatic rings. The Balaban J connectivity index is 1.51. The van der Waals surface area contributed by atoms with Gasteiger partial charge in [-0.3, -0.25) is 4.79 Å². The van der Waals surface area contributed by atoms with Crippen LogP contribution in [0.5, 0.6) is 11.5 Å². The molecule has 0 aliphatic heterocycles. The lowest BCUT2D eigenvalue weighted by molar-refractivity contribution is -0.137. The van der Waals surface area contributed by atoms with Crippen LogP contribution >= 0.6 is 11.6 Å². The largest absolute Gasteiger partial charge is 0.456 e. The van der Waals surface area contributed by atoms with Gasteiger partial charge in [0.25, 0.3) is 0 Å². The average molecular weight is 582 g/mol. The molecule has 0 saturated heterocycles. The summed E-state index contributed by atoms with van der Waals surface area (Å²) in [5.74, 6) is -0.620. The fourth-order valence-corrected chi connectivity index (χ4v) is 4.61. The summed E-state index contributed by atoms with van der Waals surface area (Å²) in [5, 5.41) is 5.97. The van der Waals surface area contributed by atoms with E-state index < -0.39 is 39.3 Å². The number of alkyl halides is 3. The summed E-state index contributed by atoms with van der Waals surface area (Å²) in [6.07, 6.45) is -0.374. The molecule has 2 heterocycles. The molecule has 0 bridgehead atoms. The van der Waals surface area contributed by atoms with E-state index in [9.17, 15) is 26.4 Å². The number of carbonyl (C=O) groups excluding carboxylic acids is 1. The number of benzene rings is 2. The van der Waals surface area contributed by atoms with Gasteiger partial charge < -0.3 is 19.9 Å². The molecule has 0 spiro atoms. The molecule has 1 atom stereocenters. The van der Waals surface area contributed by atoms with Crippen LogP contribution in [-0.4, -0.2) is 46.9 Å². The Kier molecular flexibility index (Phi) is 8.02. The lowest BCUT2D eigenvalue weighted by Gasteiger charge is -2.17. The van der Waals surface area contributed by atoms with E-state index >= 15 is 0 Å². The molecule has 0 unspecified atom stereocenters. The second-order valence-corrected chi connectivity index (χ2v) is 11.4. The number of ether oxygens (including phenoxy) is 1. The normalized spacial score (nSPS) is 12.8. The first kappa shape index (κ1) is 28.2. The van der Waals surface area contributed by atoms with Crippen molar-refractivity contribution in [2.24, 2.45) is 0 Å². The molecule has 206 valence electrons. The van der Waals surface area contributed by atoms with Crippen molar-refractivity contribution in [1.29, 1.82) is 0 Å². The number of halogens is 4. The maximum atomic E-state index is 13.0. The maximum absolute atomic E-state index is 13.0. The predicted molar refractivity (Wildman–Crippen MR) is 141 cm³/mol. The molecule has 4 rings (SSSR count). The Hall–Kier alpha value is -3.84. The average Bonchev–Trinajstić information content (AvgIpc) is 3.23. The molecule has 0 fully saturated rings. The maximum Gasteiger partial charge on any atom is 0.416 e. The molecule has 0 radical (unpaired) electrons. The topological polar surface area (TPSA) is 115 Å². The first-order chi connectivity index (χ1) is 18.3. The van der Waals surface area contributed by atoms with Crippen molar-refractivity contribution in [3.63, 3.8) is 0 Å². The third-order valence-electron chi connectivity index (χ3n) is 5.41. The van der Waals surface area contributed by atoms with Crippen molar-refractivity contribution >= 4 is 49.9 Å². The third kappa shape index (κ3) is 7.39. The highest BCUT2D eigenvalue weighted by Crippen LogP contribution is 2.36. The van der Waals surface area contributed by atoms with E-state index in [0.717, 1.165) is 18.4 Å². The highest BCUT2D eigenvalue weighted by molar-refractivity contribution is 7.91.